The summed E-state index contributed by atoms with van der Waals surface area (Å²) in [5.74, 6) is 0.284. The Bertz CT molecular complexity index is 644. The molecular weight excluding hydrogens is 396 g/mol. The maximum Gasteiger partial charge on any atom is 0.311 e. The number of hydrogen-bond donors (Lipinski definition) is 0. The van der Waals surface area contributed by atoms with Crippen LogP contribution >= 0.6 is 0 Å². The number of methoxy groups -OCH3 is 2. The van der Waals surface area contributed by atoms with Crippen molar-refractivity contribution in [2.75, 3.05) is 20.8 Å². The quantitative estimate of drug-likeness (QED) is 0.161. The second-order valence-corrected chi connectivity index (χ2v) is 12.5. The molecule has 0 bridgehead atoms. The largest absolute Gasteiger partial charge is 0.497 e. The van der Waals surface area contributed by atoms with Crippen molar-refractivity contribution in [3.05, 3.63) is 41.5 Å². The van der Waals surface area contributed by atoms with Gasteiger partial charge in [-0.15, -0.1) is 0 Å². The highest BCUT2D eigenvalue weighted by molar-refractivity contribution is 6.73. The standard InChI is InChI=1S/C24H40O5Si/c1-8-30(9-2,10-3)29-23(20(5)24(25)27-7)19(4)12-11-17-28-18-21-13-15-22(26-6)16-14-21/h12-16,20,23H,8-11,17-18H2,1-7H3/b19-12+/t20-,23-/m0/s1. The van der Waals surface area contributed by atoms with Gasteiger partial charge in [-0.05, 0) is 61.7 Å². The Labute approximate surface area is 183 Å². The smallest absolute Gasteiger partial charge is 0.311 e. The fourth-order valence-corrected chi connectivity index (χ4v) is 6.49. The van der Waals surface area contributed by atoms with Crippen LogP contribution in [-0.2, 0) is 25.3 Å². The van der Waals surface area contributed by atoms with Crippen molar-refractivity contribution in [1.82, 2.24) is 0 Å². The van der Waals surface area contributed by atoms with Crippen LogP contribution in [0, 0.1) is 5.92 Å². The Morgan fingerprint density at radius 1 is 1.07 bits per heavy atom. The van der Waals surface area contributed by atoms with Crippen molar-refractivity contribution in [3.8, 4) is 5.75 Å². The molecule has 0 spiro atoms. The molecule has 0 aliphatic heterocycles. The molecule has 1 aromatic rings. The van der Waals surface area contributed by atoms with Gasteiger partial charge in [-0.3, -0.25) is 4.79 Å². The van der Waals surface area contributed by atoms with Crippen LogP contribution in [0.25, 0.3) is 0 Å². The van der Waals surface area contributed by atoms with Crippen LogP contribution in [0.5, 0.6) is 5.75 Å². The van der Waals surface area contributed by atoms with Crippen molar-refractivity contribution in [2.24, 2.45) is 5.92 Å². The highest BCUT2D eigenvalue weighted by Gasteiger charge is 2.36. The molecule has 170 valence electrons. The average Bonchev–Trinajstić information content (AvgIpc) is 2.79. The Morgan fingerprint density at radius 2 is 1.67 bits per heavy atom. The summed E-state index contributed by atoms with van der Waals surface area (Å²) in [6, 6.07) is 11.0. The molecule has 0 amide bonds. The number of ether oxygens (including phenoxy) is 3. The van der Waals surface area contributed by atoms with E-state index in [1.807, 2.05) is 38.1 Å². The predicted octanol–water partition coefficient (Wildman–Crippen LogP) is 5.75. The molecule has 0 aliphatic carbocycles. The number of benzene rings is 1. The van der Waals surface area contributed by atoms with Gasteiger partial charge in [0.1, 0.15) is 5.75 Å². The number of hydrogen-bond acceptors (Lipinski definition) is 5. The Hall–Kier alpha value is -1.63. The Kier molecular flexibility index (Phi) is 12.0. The normalized spacial score (nSPS) is 14.3. The first-order valence-corrected chi connectivity index (χ1v) is 13.5. The van der Waals surface area contributed by atoms with Gasteiger partial charge in [0.25, 0.3) is 0 Å². The van der Waals surface area contributed by atoms with Gasteiger partial charge in [0.05, 0.1) is 39.5 Å². The predicted molar refractivity (Wildman–Crippen MR) is 124 cm³/mol. The van der Waals surface area contributed by atoms with Crippen molar-refractivity contribution < 1.29 is 23.4 Å². The van der Waals surface area contributed by atoms with E-state index in [2.05, 4.69) is 26.8 Å². The summed E-state index contributed by atoms with van der Waals surface area (Å²) >= 11 is 0. The van der Waals surface area contributed by atoms with E-state index in [0.717, 1.165) is 41.4 Å². The van der Waals surface area contributed by atoms with E-state index in [0.29, 0.717) is 13.2 Å². The molecular formula is C24H40O5Si. The average molecular weight is 437 g/mol. The van der Waals surface area contributed by atoms with Gasteiger partial charge in [-0.2, -0.15) is 0 Å². The molecule has 0 aromatic heterocycles. The van der Waals surface area contributed by atoms with E-state index >= 15 is 0 Å². The number of carbonyl (C=O) groups excluding carboxylic acids is 1. The lowest BCUT2D eigenvalue weighted by atomic mass is 9.98. The molecule has 0 saturated carbocycles. The first-order valence-electron chi connectivity index (χ1n) is 11.0. The molecule has 0 heterocycles. The molecule has 1 aromatic carbocycles. The summed E-state index contributed by atoms with van der Waals surface area (Å²) in [5.41, 5.74) is 2.19. The molecule has 0 fully saturated rings. The van der Waals surface area contributed by atoms with Gasteiger partial charge < -0.3 is 18.6 Å². The molecule has 0 aliphatic rings. The second-order valence-electron chi connectivity index (χ2n) is 7.73. The zero-order valence-electron chi connectivity index (χ0n) is 19.8. The van der Waals surface area contributed by atoms with Crippen LogP contribution in [-0.4, -0.2) is 41.2 Å². The van der Waals surface area contributed by atoms with E-state index in [4.69, 9.17) is 18.6 Å². The van der Waals surface area contributed by atoms with Crippen LogP contribution < -0.4 is 4.74 Å². The van der Waals surface area contributed by atoms with Crippen molar-refractivity contribution in [3.63, 3.8) is 0 Å². The molecule has 0 radical (unpaired) electrons. The van der Waals surface area contributed by atoms with Crippen molar-refractivity contribution in [2.45, 2.75) is 71.9 Å². The summed E-state index contributed by atoms with van der Waals surface area (Å²) < 4.78 is 22.7. The zero-order valence-corrected chi connectivity index (χ0v) is 20.8. The molecule has 0 N–H and O–H groups in total. The molecule has 6 heteroatoms. The fourth-order valence-electron chi connectivity index (χ4n) is 3.57. The van der Waals surface area contributed by atoms with E-state index in [9.17, 15) is 4.79 Å². The third kappa shape index (κ3) is 7.89. The van der Waals surface area contributed by atoms with Gasteiger partial charge in [-0.25, -0.2) is 0 Å². The summed E-state index contributed by atoms with van der Waals surface area (Å²) in [5, 5.41) is 0. The number of carbonyl (C=O) groups is 1. The van der Waals surface area contributed by atoms with Crippen LogP contribution in [0.15, 0.2) is 35.9 Å². The van der Waals surface area contributed by atoms with Gasteiger partial charge >= 0.3 is 5.97 Å². The lowest BCUT2D eigenvalue weighted by Crippen LogP contribution is -2.44. The van der Waals surface area contributed by atoms with Crippen molar-refractivity contribution >= 4 is 14.3 Å². The summed E-state index contributed by atoms with van der Waals surface area (Å²) in [6.07, 6.45) is 2.66. The first-order chi connectivity index (χ1) is 14.4. The van der Waals surface area contributed by atoms with Gasteiger partial charge in [-0.1, -0.05) is 39.0 Å². The number of rotatable bonds is 14. The monoisotopic (exact) mass is 436 g/mol. The van der Waals surface area contributed by atoms with Crippen LogP contribution in [0.2, 0.25) is 18.1 Å². The summed E-state index contributed by atoms with van der Waals surface area (Å²) in [7, 11) is 1.23. The lowest BCUT2D eigenvalue weighted by Gasteiger charge is -2.36. The molecule has 30 heavy (non-hydrogen) atoms. The topological polar surface area (TPSA) is 54.0 Å². The minimum absolute atomic E-state index is 0.227. The minimum Gasteiger partial charge on any atom is -0.497 e. The van der Waals surface area contributed by atoms with E-state index < -0.39 is 8.32 Å². The van der Waals surface area contributed by atoms with E-state index in [-0.39, 0.29) is 18.0 Å². The zero-order chi connectivity index (χ0) is 22.6. The highest BCUT2D eigenvalue weighted by atomic mass is 28.4. The van der Waals surface area contributed by atoms with Crippen LogP contribution in [0.1, 0.15) is 46.6 Å². The third-order valence-electron chi connectivity index (χ3n) is 5.94. The summed E-state index contributed by atoms with van der Waals surface area (Å²) in [4.78, 5) is 12.2. The maximum absolute atomic E-state index is 12.2. The van der Waals surface area contributed by atoms with Gasteiger partial charge in [0.15, 0.2) is 8.32 Å². The second kappa shape index (κ2) is 13.6. The van der Waals surface area contributed by atoms with Crippen LogP contribution in [0.3, 0.4) is 0 Å². The molecule has 0 saturated heterocycles. The minimum atomic E-state index is -1.86. The van der Waals surface area contributed by atoms with Crippen LogP contribution in [0.4, 0.5) is 0 Å². The molecule has 5 nitrogen and oxygen atoms in total. The van der Waals surface area contributed by atoms with E-state index in [1.54, 1.807) is 7.11 Å². The highest BCUT2D eigenvalue weighted by Crippen LogP contribution is 2.29. The van der Waals surface area contributed by atoms with Crippen molar-refractivity contribution in [1.29, 1.82) is 0 Å². The first kappa shape index (κ1) is 26.4. The van der Waals surface area contributed by atoms with E-state index in [1.165, 1.54) is 7.11 Å². The molecule has 2 atom stereocenters. The third-order valence-corrected chi connectivity index (χ3v) is 10.6. The molecule has 1 rings (SSSR count). The molecule has 0 unspecified atom stereocenters. The van der Waals surface area contributed by atoms with Gasteiger partial charge in [0.2, 0.25) is 0 Å². The SMILES string of the molecule is CC[Si](CC)(CC)O[C@@H](/C(C)=C/CCOCc1ccc(OC)cc1)[C@H](C)C(=O)OC. The maximum atomic E-state index is 12.2. The summed E-state index contributed by atoms with van der Waals surface area (Å²) in [6.45, 7) is 11.7. The Morgan fingerprint density at radius 3 is 2.17 bits per heavy atom. The fraction of sp³-hybridized carbons (Fsp3) is 0.625. The number of esters is 1. The van der Waals surface area contributed by atoms with Gasteiger partial charge in [0, 0.05) is 0 Å². The Balaban J connectivity index is 2.73. The lowest BCUT2D eigenvalue weighted by molar-refractivity contribution is -0.147.